The second-order valence-electron chi connectivity index (χ2n) is 5.25. The minimum absolute atomic E-state index is 0.418. The molecule has 0 unspecified atom stereocenters. The number of hydrogen-bond acceptors (Lipinski definition) is 3. The molecule has 0 bridgehead atoms. The second-order valence-corrected chi connectivity index (χ2v) is 5.25. The van der Waals surface area contributed by atoms with Crippen LogP contribution in [0.25, 0.3) is 0 Å². The van der Waals surface area contributed by atoms with Crippen molar-refractivity contribution in [2.75, 3.05) is 0 Å². The number of hydrogen-bond donors (Lipinski definition) is 0. The van der Waals surface area contributed by atoms with E-state index in [1.807, 2.05) is 50.2 Å². The Labute approximate surface area is 117 Å². The molecule has 0 saturated carbocycles. The maximum atomic E-state index is 12.6. The summed E-state index contributed by atoms with van der Waals surface area (Å²) in [5.74, 6) is 0.418. The number of aliphatic imine (C=N–C) groups is 1. The summed E-state index contributed by atoms with van der Waals surface area (Å²) in [4.78, 5) is 8.64. The van der Waals surface area contributed by atoms with Gasteiger partial charge in [0.05, 0.1) is 5.56 Å². The Kier molecular flexibility index (Phi) is 2.86. The van der Waals surface area contributed by atoms with Crippen molar-refractivity contribution in [3.63, 3.8) is 0 Å². The SMILES string of the molecule is CC1(C)N=C(c2cccnc2)[N+]([O-])=C1c1ccccc1. The zero-order valence-electron chi connectivity index (χ0n) is 11.4. The molecular formula is C16H15N3O. The minimum atomic E-state index is -0.547. The van der Waals surface area contributed by atoms with E-state index in [1.165, 1.54) is 0 Å². The molecule has 0 amide bonds. The second kappa shape index (κ2) is 4.56. The Morgan fingerprint density at radius 2 is 1.70 bits per heavy atom. The predicted octanol–water partition coefficient (Wildman–Crippen LogP) is 2.62. The quantitative estimate of drug-likeness (QED) is 0.619. The molecule has 1 aromatic heterocycles. The zero-order chi connectivity index (χ0) is 14.2. The standard InChI is InChI=1S/C16H15N3O/c1-16(2)14(12-7-4-3-5-8-12)19(20)15(18-16)13-9-6-10-17-11-13/h3-11H,1-2H3. The van der Waals surface area contributed by atoms with Crippen molar-refractivity contribution in [3.05, 3.63) is 71.2 Å². The van der Waals surface area contributed by atoms with Crippen molar-refractivity contribution >= 4 is 11.5 Å². The topological polar surface area (TPSA) is 51.3 Å². The Balaban J connectivity index is 2.14. The Morgan fingerprint density at radius 3 is 2.35 bits per heavy atom. The van der Waals surface area contributed by atoms with Gasteiger partial charge in [0, 0.05) is 18.0 Å². The van der Waals surface area contributed by atoms with Crippen LogP contribution in [0.2, 0.25) is 0 Å². The smallest absolute Gasteiger partial charge is 0.330 e. The van der Waals surface area contributed by atoms with Gasteiger partial charge in [0.15, 0.2) is 5.71 Å². The molecule has 0 radical (unpaired) electrons. The van der Waals surface area contributed by atoms with Crippen molar-refractivity contribution in [1.29, 1.82) is 0 Å². The summed E-state index contributed by atoms with van der Waals surface area (Å²) in [6.45, 7) is 3.90. The summed E-state index contributed by atoms with van der Waals surface area (Å²) in [7, 11) is 0. The molecule has 2 aromatic rings. The van der Waals surface area contributed by atoms with Gasteiger partial charge in [0.1, 0.15) is 0 Å². The van der Waals surface area contributed by atoms with Gasteiger partial charge < -0.3 is 5.21 Å². The van der Waals surface area contributed by atoms with Crippen LogP contribution >= 0.6 is 0 Å². The number of pyridine rings is 1. The molecule has 4 heteroatoms. The van der Waals surface area contributed by atoms with Crippen LogP contribution in [0.1, 0.15) is 25.0 Å². The van der Waals surface area contributed by atoms with E-state index in [0.29, 0.717) is 11.5 Å². The molecule has 3 rings (SSSR count). The van der Waals surface area contributed by atoms with E-state index >= 15 is 0 Å². The number of hydroxylamine groups is 1. The number of nitrogens with zero attached hydrogens (tertiary/aromatic N) is 3. The molecule has 1 aromatic carbocycles. The van der Waals surface area contributed by atoms with Gasteiger partial charge in [-0.25, -0.2) is 4.74 Å². The van der Waals surface area contributed by atoms with Crippen LogP contribution in [-0.4, -0.2) is 26.8 Å². The molecule has 1 aliphatic heterocycles. The first-order valence-electron chi connectivity index (χ1n) is 6.50. The van der Waals surface area contributed by atoms with Crippen molar-refractivity contribution in [2.45, 2.75) is 19.4 Å². The Bertz CT molecular complexity index is 688. The molecule has 0 aliphatic carbocycles. The van der Waals surface area contributed by atoms with Crippen molar-refractivity contribution < 1.29 is 4.74 Å². The highest BCUT2D eigenvalue weighted by molar-refractivity contribution is 6.12. The van der Waals surface area contributed by atoms with Gasteiger partial charge in [-0.05, 0) is 26.0 Å². The lowest BCUT2D eigenvalue weighted by atomic mass is 9.93. The lowest BCUT2D eigenvalue weighted by molar-refractivity contribution is -0.320. The van der Waals surface area contributed by atoms with Crippen LogP contribution in [0.3, 0.4) is 0 Å². The molecule has 0 atom stereocenters. The van der Waals surface area contributed by atoms with Crippen LogP contribution in [0.5, 0.6) is 0 Å². The first kappa shape index (κ1) is 12.5. The Hall–Kier alpha value is -2.49. The number of benzene rings is 1. The van der Waals surface area contributed by atoms with E-state index in [9.17, 15) is 5.21 Å². The minimum Gasteiger partial charge on any atom is -0.710 e. The number of aromatic nitrogens is 1. The normalized spacial score (nSPS) is 17.2. The van der Waals surface area contributed by atoms with Crippen molar-refractivity contribution in [3.8, 4) is 0 Å². The molecule has 20 heavy (non-hydrogen) atoms. The lowest BCUT2D eigenvalue weighted by Crippen LogP contribution is -2.31. The molecule has 1 aliphatic rings. The first-order valence-corrected chi connectivity index (χ1v) is 6.50. The van der Waals surface area contributed by atoms with Gasteiger partial charge in [-0.3, -0.25) is 4.98 Å². The van der Waals surface area contributed by atoms with Gasteiger partial charge in [-0.2, -0.15) is 0 Å². The number of amidine groups is 1. The molecule has 2 heterocycles. The molecular weight excluding hydrogens is 250 g/mol. The summed E-state index contributed by atoms with van der Waals surface area (Å²) < 4.78 is 0.923. The first-order chi connectivity index (χ1) is 9.59. The fraction of sp³-hybridized carbons (Fsp3) is 0.188. The fourth-order valence-corrected chi connectivity index (χ4v) is 2.46. The van der Waals surface area contributed by atoms with Gasteiger partial charge in [-0.1, -0.05) is 35.3 Å². The van der Waals surface area contributed by atoms with Crippen LogP contribution in [0.15, 0.2) is 59.9 Å². The maximum Gasteiger partial charge on any atom is 0.330 e. The van der Waals surface area contributed by atoms with E-state index < -0.39 is 5.54 Å². The highest BCUT2D eigenvalue weighted by Crippen LogP contribution is 2.25. The molecule has 4 nitrogen and oxygen atoms in total. The highest BCUT2D eigenvalue weighted by Gasteiger charge is 2.42. The third-order valence-corrected chi connectivity index (χ3v) is 3.33. The van der Waals surface area contributed by atoms with Crippen molar-refractivity contribution in [2.24, 2.45) is 4.99 Å². The van der Waals surface area contributed by atoms with E-state index in [4.69, 9.17) is 0 Å². The van der Waals surface area contributed by atoms with Crippen molar-refractivity contribution in [1.82, 2.24) is 4.98 Å². The summed E-state index contributed by atoms with van der Waals surface area (Å²) >= 11 is 0. The highest BCUT2D eigenvalue weighted by atomic mass is 16.5. The molecule has 0 fully saturated rings. The van der Waals surface area contributed by atoms with E-state index in [1.54, 1.807) is 18.5 Å². The zero-order valence-corrected chi connectivity index (χ0v) is 11.4. The van der Waals surface area contributed by atoms with Gasteiger partial charge >= 0.3 is 5.84 Å². The third-order valence-electron chi connectivity index (χ3n) is 3.33. The van der Waals surface area contributed by atoms with Crippen LogP contribution < -0.4 is 0 Å². The average molecular weight is 265 g/mol. The Morgan fingerprint density at radius 1 is 1.00 bits per heavy atom. The molecule has 0 N–H and O–H groups in total. The number of rotatable bonds is 2. The predicted molar refractivity (Wildman–Crippen MR) is 79.0 cm³/mol. The largest absolute Gasteiger partial charge is 0.710 e. The average Bonchev–Trinajstić information content (AvgIpc) is 2.71. The summed E-state index contributed by atoms with van der Waals surface area (Å²) in [5, 5.41) is 12.6. The molecule has 100 valence electrons. The van der Waals surface area contributed by atoms with Crippen LogP contribution in [-0.2, 0) is 0 Å². The fourth-order valence-electron chi connectivity index (χ4n) is 2.46. The van der Waals surface area contributed by atoms with Crippen LogP contribution in [0.4, 0.5) is 0 Å². The van der Waals surface area contributed by atoms with Gasteiger partial charge in [0.2, 0.25) is 5.54 Å². The monoisotopic (exact) mass is 265 g/mol. The molecule has 0 spiro atoms. The van der Waals surface area contributed by atoms with E-state index in [2.05, 4.69) is 9.98 Å². The van der Waals surface area contributed by atoms with E-state index in [-0.39, 0.29) is 0 Å². The molecule has 0 saturated heterocycles. The van der Waals surface area contributed by atoms with E-state index in [0.717, 1.165) is 15.9 Å². The van der Waals surface area contributed by atoms with Gasteiger partial charge in [0.25, 0.3) is 0 Å². The third kappa shape index (κ3) is 1.99. The maximum absolute atomic E-state index is 12.6. The summed E-state index contributed by atoms with van der Waals surface area (Å²) in [5.41, 5.74) is 1.75. The van der Waals surface area contributed by atoms with Crippen LogP contribution in [0, 0.1) is 5.21 Å². The van der Waals surface area contributed by atoms with Gasteiger partial charge in [-0.15, -0.1) is 0 Å². The summed E-state index contributed by atoms with van der Waals surface area (Å²) in [6, 6.07) is 13.3. The lowest BCUT2D eigenvalue weighted by Gasteiger charge is -2.14. The summed E-state index contributed by atoms with van der Waals surface area (Å²) in [6.07, 6.45) is 3.34.